The number of ether oxygens (including phenoxy) is 1. The molecular formula is C15H14ClNO4. The van der Waals surface area contributed by atoms with Crippen LogP contribution in [0.4, 0.5) is 5.69 Å². The zero-order valence-corrected chi connectivity index (χ0v) is 11.9. The lowest BCUT2D eigenvalue weighted by atomic mass is 10.1. The standard InChI is InChI=1S/C15H14ClNO4/c16-13-5-3-7-15(12(13)10-18)21-9-8-11-4-1-2-6-14(11)17(19)20/h1-7,18H,8-10H2. The molecule has 0 saturated carbocycles. The Balaban J connectivity index is 2.06. The van der Waals surface area contributed by atoms with Gasteiger partial charge in [-0.1, -0.05) is 35.9 Å². The molecule has 21 heavy (non-hydrogen) atoms. The van der Waals surface area contributed by atoms with Crippen molar-refractivity contribution >= 4 is 17.3 Å². The molecule has 0 aliphatic carbocycles. The fourth-order valence-electron chi connectivity index (χ4n) is 2.00. The fraction of sp³-hybridized carbons (Fsp3) is 0.200. The first-order valence-corrected chi connectivity index (χ1v) is 6.74. The Hall–Kier alpha value is -2.11. The second kappa shape index (κ2) is 7.06. The molecule has 0 aliphatic heterocycles. The summed E-state index contributed by atoms with van der Waals surface area (Å²) >= 11 is 5.96. The zero-order valence-electron chi connectivity index (χ0n) is 11.2. The Bertz CT molecular complexity index is 645. The van der Waals surface area contributed by atoms with Crippen LogP contribution < -0.4 is 4.74 Å². The third kappa shape index (κ3) is 3.71. The summed E-state index contributed by atoms with van der Waals surface area (Å²) in [5.74, 6) is 0.489. The number of benzene rings is 2. The highest BCUT2D eigenvalue weighted by molar-refractivity contribution is 6.31. The SMILES string of the molecule is O=[N+]([O-])c1ccccc1CCOc1cccc(Cl)c1CO. The van der Waals surface area contributed by atoms with Gasteiger partial charge in [0.05, 0.1) is 18.1 Å². The highest BCUT2D eigenvalue weighted by atomic mass is 35.5. The van der Waals surface area contributed by atoms with Gasteiger partial charge in [0, 0.05) is 28.6 Å². The van der Waals surface area contributed by atoms with E-state index in [1.54, 1.807) is 36.4 Å². The van der Waals surface area contributed by atoms with Crippen molar-refractivity contribution in [3.8, 4) is 5.75 Å². The second-order valence-corrected chi connectivity index (χ2v) is 4.77. The van der Waals surface area contributed by atoms with Crippen molar-refractivity contribution < 1.29 is 14.8 Å². The van der Waals surface area contributed by atoms with E-state index < -0.39 is 4.92 Å². The van der Waals surface area contributed by atoms with Crippen LogP contribution in [-0.4, -0.2) is 16.6 Å². The van der Waals surface area contributed by atoms with Gasteiger partial charge in [0.25, 0.3) is 5.69 Å². The van der Waals surface area contributed by atoms with Gasteiger partial charge in [-0.2, -0.15) is 0 Å². The van der Waals surface area contributed by atoms with E-state index in [1.807, 2.05) is 0 Å². The first-order valence-electron chi connectivity index (χ1n) is 6.37. The smallest absolute Gasteiger partial charge is 0.272 e. The van der Waals surface area contributed by atoms with Crippen molar-refractivity contribution in [3.63, 3.8) is 0 Å². The Labute approximate surface area is 126 Å². The lowest BCUT2D eigenvalue weighted by Gasteiger charge is -2.11. The largest absolute Gasteiger partial charge is 0.493 e. The Morgan fingerprint density at radius 2 is 1.95 bits per heavy atom. The van der Waals surface area contributed by atoms with Crippen molar-refractivity contribution in [2.24, 2.45) is 0 Å². The zero-order chi connectivity index (χ0) is 15.2. The van der Waals surface area contributed by atoms with Crippen LogP contribution in [0.15, 0.2) is 42.5 Å². The molecule has 2 rings (SSSR count). The molecule has 0 radical (unpaired) electrons. The Morgan fingerprint density at radius 1 is 1.19 bits per heavy atom. The number of halogens is 1. The van der Waals surface area contributed by atoms with Gasteiger partial charge in [0.1, 0.15) is 5.75 Å². The molecule has 0 atom stereocenters. The molecule has 0 bridgehead atoms. The van der Waals surface area contributed by atoms with E-state index in [0.29, 0.717) is 28.3 Å². The number of nitrogens with zero attached hydrogens (tertiary/aromatic N) is 1. The number of aliphatic hydroxyl groups excluding tert-OH is 1. The maximum absolute atomic E-state index is 10.9. The highest BCUT2D eigenvalue weighted by Gasteiger charge is 2.13. The monoisotopic (exact) mass is 307 g/mol. The summed E-state index contributed by atoms with van der Waals surface area (Å²) in [6, 6.07) is 11.6. The summed E-state index contributed by atoms with van der Waals surface area (Å²) in [5, 5.41) is 20.6. The molecule has 0 heterocycles. The van der Waals surface area contributed by atoms with Crippen LogP contribution in [0.1, 0.15) is 11.1 Å². The minimum absolute atomic E-state index is 0.0783. The summed E-state index contributed by atoms with van der Waals surface area (Å²) in [6.45, 7) is 0.0404. The number of nitro benzene ring substituents is 1. The molecule has 0 spiro atoms. The van der Waals surface area contributed by atoms with E-state index in [4.69, 9.17) is 16.3 Å². The molecule has 5 nitrogen and oxygen atoms in total. The number of rotatable bonds is 6. The number of hydrogen-bond donors (Lipinski definition) is 1. The molecule has 2 aromatic carbocycles. The van der Waals surface area contributed by atoms with Crippen molar-refractivity contribution in [2.75, 3.05) is 6.61 Å². The molecule has 0 amide bonds. The summed E-state index contributed by atoms with van der Waals surface area (Å²) < 4.78 is 5.58. The summed E-state index contributed by atoms with van der Waals surface area (Å²) in [6.07, 6.45) is 0.397. The third-order valence-corrected chi connectivity index (χ3v) is 3.41. The first kappa shape index (κ1) is 15.3. The highest BCUT2D eigenvalue weighted by Crippen LogP contribution is 2.26. The molecule has 2 aromatic rings. The van der Waals surface area contributed by atoms with Gasteiger partial charge in [-0.05, 0) is 12.1 Å². The topological polar surface area (TPSA) is 72.6 Å². The van der Waals surface area contributed by atoms with E-state index in [-0.39, 0.29) is 18.9 Å². The molecule has 0 aromatic heterocycles. The van der Waals surface area contributed by atoms with Crippen LogP contribution in [0.5, 0.6) is 5.75 Å². The van der Waals surface area contributed by atoms with E-state index in [9.17, 15) is 15.2 Å². The average molecular weight is 308 g/mol. The van der Waals surface area contributed by atoms with Gasteiger partial charge in [-0.15, -0.1) is 0 Å². The molecular weight excluding hydrogens is 294 g/mol. The van der Waals surface area contributed by atoms with Crippen molar-refractivity contribution in [2.45, 2.75) is 13.0 Å². The summed E-state index contributed by atoms with van der Waals surface area (Å²) in [4.78, 5) is 10.5. The molecule has 0 saturated heterocycles. The van der Waals surface area contributed by atoms with Crippen LogP contribution in [0.3, 0.4) is 0 Å². The number of hydrogen-bond acceptors (Lipinski definition) is 4. The number of aliphatic hydroxyl groups is 1. The molecule has 6 heteroatoms. The van der Waals surface area contributed by atoms with Crippen LogP contribution in [0.2, 0.25) is 5.02 Å². The van der Waals surface area contributed by atoms with Crippen LogP contribution in [-0.2, 0) is 13.0 Å². The van der Waals surface area contributed by atoms with Crippen molar-refractivity contribution in [1.82, 2.24) is 0 Å². The van der Waals surface area contributed by atoms with E-state index in [1.165, 1.54) is 6.07 Å². The summed E-state index contributed by atoms with van der Waals surface area (Å²) in [7, 11) is 0. The predicted molar refractivity (Wildman–Crippen MR) is 79.7 cm³/mol. The average Bonchev–Trinajstić information content (AvgIpc) is 2.48. The van der Waals surface area contributed by atoms with Gasteiger partial charge in [-0.3, -0.25) is 10.1 Å². The van der Waals surface area contributed by atoms with E-state index in [0.717, 1.165) is 0 Å². The maximum Gasteiger partial charge on any atom is 0.272 e. The Morgan fingerprint density at radius 3 is 2.67 bits per heavy atom. The second-order valence-electron chi connectivity index (χ2n) is 4.36. The van der Waals surface area contributed by atoms with Gasteiger partial charge < -0.3 is 9.84 Å². The lowest BCUT2D eigenvalue weighted by Crippen LogP contribution is -2.05. The quantitative estimate of drug-likeness (QED) is 0.656. The molecule has 0 aliphatic rings. The van der Waals surface area contributed by atoms with E-state index in [2.05, 4.69) is 0 Å². The van der Waals surface area contributed by atoms with E-state index >= 15 is 0 Å². The van der Waals surface area contributed by atoms with Gasteiger partial charge >= 0.3 is 0 Å². The van der Waals surface area contributed by atoms with Gasteiger partial charge in [0.15, 0.2) is 0 Å². The molecule has 1 N–H and O–H groups in total. The van der Waals surface area contributed by atoms with Gasteiger partial charge in [-0.25, -0.2) is 0 Å². The predicted octanol–water partition coefficient (Wildman–Crippen LogP) is 3.36. The van der Waals surface area contributed by atoms with Gasteiger partial charge in [0.2, 0.25) is 0 Å². The molecule has 0 fully saturated rings. The lowest BCUT2D eigenvalue weighted by molar-refractivity contribution is -0.385. The normalized spacial score (nSPS) is 10.4. The maximum atomic E-state index is 10.9. The Kier molecular flexibility index (Phi) is 5.14. The first-order chi connectivity index (χ1) is 10.1. The minimum atomic E-state index is -0.409. The number of nitro groups is 1. The number of para-hydroxylation sites is 1. The van der Waals surface area contributed by atoms with Crippen molar-refractivity contribution in [3.05, 3.63) is 68.7 Å². The summed E-state index contributed by atoms with van der Waals surface area (Å²) in [5.41, 5.74) is 1.20. The third-order valence-electron chi connectivity index (χ3n) is 3.05. The van der Waals surface area contributed by atoms with Crippen LogP contribution in [0.25, 0.3) is 0 Å². The van der Waals surface area contributed by atoms with Crippen molar-refractivity contribution in [1.29, 1.82) is 0 Å². The minimum Gasteiger partial charge on any atom is -0.493 e. The van der Waals surface area contributed by atoms with Crippen LogP contribution in [0, 0.1) is 10.1 Å². The fourth-order valence-corrected chi connectivity index (χ4v) is 2.22. The van der Waals surface area contributed by atoms with Crippen LogP contribution >= 0.6 is 11.6 Å². The molecule has 110 valence electrons. The molecule has 0 unspecified atom stereocenters.